The monoisotopic (exact) mass is 435 g/mol. The fourth-order valence-electron chi connectivity index (χ4n) is 2.83. The van der Waals surface area contributed by atoms with Crippen LogP contribution >= 0.6 is 7.82 Å². The first-order valence-corrected chi connectivity index (χ1v) is 9.74. The molecule has 5 unspecified atom stereocenters. The van der Waals surface area contributed by atoms with Gasteiger partial charge in [-0.15, -0.1) is 0 Å². The number of ether oxygens (including phenoxy) is 2. The van der Waals surface area contributed by atoms with Crippen molar-refractivity contribution < 1.29 is 47.9 Å². The van der Waals surface area contributed by atoms with E-state index in [-0.39, 0.29) is 11.5 Å². The maximum atomic E-state index is 11.7. The largest absolute Gasteiger partial charge is 0.470 e. The number of hydrogen-bond acceptors (Lipinski definition) is 11. The molecule has 160 valence electrons. The fraction of sp³-hybridized carbons (Fsp3) is 0.538. The van der Waals surface area contributed by atoms with Crippen molar-refractivity contribution >= 4 is 30.8 Å². The molecule has 2 aromatic heterocycles. The van der Waals surface area contributed by atoms with Crippen molar-refractivity contribution in [2.45, 2.75) is 30.6 Å². The van der Waals surface area contributed by atoms with Gasteiger partial charge in [0.05, 0.1) is 6.61 Å². The van der Waals surface area contributed by atoms with Crippen LogP contribution in [0, 0.1) is 0 Å². The number of nitrogen functional groups attached to an aromatic ring is 1. The van der Waals surface area contributed by atoms with Gasteiger partial charge in [-0.1, -0.05) is 4.98 Å². The number of nitrogens with two attached hydrogens (primary N) is 2. The van der Waals surface area contributed by atoms with Crippen LogP contribution in [-0.4, -0.2) is 78.5 Å². The Kier molecular flexibility index (Phi) is 6.11. The summed E-state index contributed by atoms with van der Waals surface area (Å²) in [6, 6.07) is -1.30. The number of nitrogens with zero attached hydrogens (tertiary/aromatic N) is 3. The molecule has 3 rings (SSSR count). The molecule has 9 N–H and O–H groups in total. The maximum absolute atomic E-state index is 11.7. The van der Waals surface area contributed by atoms with Gasteiger partial charge in [-0.25, -0.2) is 9.13 Å². The lowest BCUT2D eigenvalue weighted by Crippen LogP contribution is -2.46. The van der Waals surface area contributed by atoms with E-state index < -0.39 is 57.6 Å². The highest BCUT2D eigenvalue weighted by atomic mass is 31.2. The van der Waals surface area contributed by atoms with E-state index in [1.807, 2.05) is 0 Å². The molecular weight excluding hydrogens is 415 g/mol. The summed E-state index contributed by atoms with van der Waals surface area (Å²) in [6.07, 6.45) is -3.08. The molecule has 0 aromatic carbocycles. The first kappa shape index (κ1) is 21.5. The zero-order valence-corrected chi connectivity index (χ0v) is 15.6. The average molecular weight is 435 g/mol. The van der Waals surface area contributed by atoms with Gasteiger partial charge in [0.25, 0.3) is 0 Å². The number of rotatable bonds is 7. The normalized spacial score (nSPS) is 26.0. The number of anilines is 1. The summed E-state index contributed by atoms with van der Waals surface area (Å²) in [5.74, 6) is -0.836. The topological polar surface area (TPSA) is 240 Å². The molecule has 1 aliphatic heterocycles. The first-order chi connectivity index (χ1) is 13.6. The number of aliphatic hydroxyl groups is 2. The summed E-state index contributed by atoms with van der Waals surface area (Å²) in [5, 5.41) is 19.5. The minimum absolute atomic E-state index is 0.132. The van der Waals surface area contributed by atoms with Crippen molar-refractivity contribution in [2.75, 3.05) is 18.9 Å². The highest BCUT2D eigenvalue weighted by molar-refractivity contribution is 7.46. The number of carbonyl (C=O) groups is 1. The Balaban J connectivity index is 1.86. The molecule has 29 heavy (non-hydrogen) atoms. The third kappa shape index (κ3) is 4.52. The van der Waals surface area contributed by atoms with Gasteiger partial charge in [0.2, 0.25) is 11.7 Å². The predicted octanol–water partition coefficient (Wildman–Crippen LogP) is -3.57. The van der Waals surface area contributed by atoms with Crippen molar-refractivity contribution in [3.63, 3.8) is 0 Å². The standard InChI is InChI=1S/C13H19N6O9P/c14-5(1-20)13(22)26-2-6-9(28-29(23,24)25)8(21)12(27-6)19-4-18-7-10(15)16-3-17-11(7)19/h3-6,8-9,12,20-21H,1-2,14H2,(H4,15,16,17,23,24,25)/p+1. The van der Waals surface area contributed by atoms with Crippen molar-refractivity contribution in [1.82, 2.24) is 15.0 Å². The summed E-state index contributed by atoms with van der Waals surface area (Å²) in [6.45, 7) is -1.21. The SMILES string of the molecule is Nc1ncnc2c1[nH]c[n+]2C1OC(COC(=O)C(N)CO)C(OP(=O)(O)O)C1O. The third-order valence-electron chi connectivity index (χ3n) is 4.18. The summed E-state index contributed by atoms with van der Waals surface area (Å²) in [4.78, 5) is 40.6. The molecule has 0 saturated carbocycles. The van der Waals surface area contributed by atoms with E-state index in [1.165, 1.54) is 17.2 Å². The molecule has 0 bridgehead atoms. The predicted molar refractivity (Wildman–Crippen MR) is 91.4 cm³/mol. The Morgan fingerprint density at radius 2 is 2.17 bits per heavy atom. The van der Waals surface area contributed by atoms with Gasteiger partial charge in [-0.2, -0.15) is 4.98 Å². The van der Waals surface area contributed by atoms with E-state index >= 15 is 0 Å². The Labute approximate surface area is 162 Å². The zero-order chi connectivity index (χ0) is 21.3. The van der Waals surface area contributed by atoms with Crippen LogP contribution in [0.4, 0.5) is 5.82 Å². The molecule has 0 radical (unpaired) electrons. The summed E-state index contributed by atoms with van der Waals surface area (Å²) < 4.78 is 27.8. The Hall–Kier alpha value is -2.23. The van der Waals surface area contributed by atoms with Crippen LogP contribution in [0.2, 0.25) is 0 Å². The van der Waals surface area contributed by atoms with E-state index in [1.54, 1.807) is 0 Å². The van der Waals surface area contributed by atoms with Crippen molar-refractivity contribution in [3.8, 4) is 0 Å². The summed E-state index contributed by atoms with van der Waals surface area (Å²) in [5.41, 5.74) is 11.7. The minimum Gasteiger partial charge on any atom is -0.462 e. The van der Waals surface area contributed by atoms with E-state index in [9.17, 15) is 14.5 Å². The second kappa shape index (κ2) is 8.25. The number of aromatic amines is 1. The average Bonchev–Trinajstić information content (AvgIpc) is 3.21. The lowest BCUT2D eigenvalue weighted by molar-refractivity contribution is -0.745. The van der Waals surface area contributed by atoms with Gasteiger partial charge in [-0.3, -0.25) is 14.3 Å². The zero-order valence-electron chi connectivity index (χ0n) is 14.7. The number of carbonyl (C=O) groups excluding carboxylic acids is 1. The third-order valence-corrected chi connectivity index (χ3v) is 4.70. The molecule has 5 atom stereocenters. The number of esters is 1. The molecule has 1 aliphatic rings. The van der Waals surface area contributed by atoms with Gasteiger partial charge < -0.3 is 40.9 Å². The quantitative estimate of drug-likeness (QED) is 0.127. The molecule has 16 heteroatoms. The Morgan fingerprint density at radius 1 is 1.45 bits per heavy atom. The molecule has 1 saturated heterocycles. The molecule has 0 spiro atoms. The molecule has 3 heterocycles. The minimum atomic E-state index is -5.03. The molecular formula is C13H20N6O9P+. The van der Waals surface area contributed by atoms with Crippen LogP contribution in [0.15, 0.2) is 12.7 Å². The number of aromatic nitrogens is 4. The molecule has 2 aromatic rings. The van der Waals surface area contributed by atoms with E-state index in [2.05, 4.69) is 19.5 Å². The molecule has 0 amide bonds. The number of aliphatic hydroxyl groups excluding tert-OH is 2. The van der Waals surface area contributed by atoms with E-state index in [4.69, 9.17) is 35.8 Å². The van der Waals surface area contributed by atoms with Crippen molar-refractivity contribution in [2.24, 2.45) is 5.73 Å². The van der Waals surface area contributed by atoms with Crippen LogP contribution in [0.25, 0.3) is 11.2 Å². The van der Waals surface area contributed by atoms with Crippen LogP contribution in [-0.2, 0) is 23.4 Å². The molecule has 15 nitrogen and oxygen atoms in total. The molecule has 0 aliphatic carbocycles. The van der Waals surface area contributed by atoms with Crippen LogP contribution in [0.3, 0.4) is 0 Å². The fourth-order valence-corrected chi connectivity index (χ4v) is 3.41. The van der Waals surface area contributed by atoms with Crippen LogP contribution < -0.4 is 16.0 Å². The summed E-state index contributed by atoms with van der Waals surface area (Å²) in [7, 11) is -5.03. The smallest absolute Gasteiger partial charge is 0.462 e. The van der Waals surface area contributed by atoms with Crippen LogP contribution in [0.5, 0.6) is 0 Å². The number of hydrogen-bond donors (Lipinski definition) is 7. The second-order valence-electron chi connectivity index (χ2n) is 6.17. The van der Waals surface area contributed by atoms with E-state index in [0.29, 0.717) is 5.52 Å². The number of H-pyrrole nitrogens is 1. The highest BCUT2D eigenvalue weighted by Gasteiger charge is 2.51. The van der Waals surface area contributed by atoms with Crippen LogP contribution in [0.1, 0.15) is 6.23 Å². The van der Waals surface area contributed by atoms with Gasteiger partial charge in [0.1, 0.15) is 31.0 Å². The van der Waals surface area contributed by atoms with Gasteiger partial charge >= 0.3 is 19.4 Å². The van der Waals surface area contributed by atoms with Crippen molar-refractivity contribution in [1.29, 1.82) is 0 Å². The van der Waals surface area contributed by atoms with Crippen molar-refractivity contribution in [3.05, 3.63) is 12.7 Å². The highest BCUT2D eigenvalue weighted by Crippen LogP contribution is 2.43. The summed E-state index contributed by atoms with van der Waals surface area (Å²) >= 11 is 0. The lowest BCUT2D eigenvalue weighted by Gasteiger charge is -2.20. The van der Waals surface area contributed by atoms with E-state index in [0.717, 1.165) is 0 Å². The van der Waals surface area contributed by atoms with Gasteiger partial charge in [0.15, 0.2) is 18.5 Å². The number of phosphoric ester groups is 1. The Bertz CT molecular complexity index is 935. The number of imidazole rings is 1. The van der Waals surface area contributed by atoms with Gasteiger partial charge in [0, 0.05) is 0 Å². The molecule has 1 fully saturated rings. The Morgan fingerprint density at radius 3 is 2.83 bits per heavy atom. The lowest BCUT2D eigenvalue weighted by atomic mass is 10.1. The maximum Gasteiger partial charge on any atom is 0.470 e. The number of fused-ring (bicyclic) bond motifs is 1. The first-order valence-electron chi connectivity index (χ1n) is 8.21. The number of nitrogens with one attached hydrogen (secondary N) is 1. The van der Waals surface area contributed by atoms with Gasteiger partial charge in [-0.05, 0) is 0 Å². The number of phosphoric acid groups is 1. The second-order valence-corrected chi connectivity index (χ2v) is 7.37.